The van der Waals surface area contributed by atoms with Gasteiger partial charge in [0.2, 0.25) is 5.95 Å². The van der Waals surface area contributed by atoms with Crippen molar-refractivity contribution < 1.29 is 4.74 Å². The zero-order valence-electron chi connectivity index (χ0n) is 13.8. The van der Waals surface area contributed by atoms with Crippen molar-refractivity contribution in [2.75, 3.05) is 38.2 Å². The van der Waals surface area contributed by atoms with Crippen LogP contribution in [0.15, 0.2) is 22.9 Å². The van der Waals surface area contributed by atoms with Gasteiger partial charge in [-0.1, -0.05) is 0 Å². The van der Waals surface area contributed by atoms with Crippen molar-refractivity contribution in [3.63, 3.8) is 0 Å². The Balaban J connectivity index is 1.29. The molecule has 0 aromatic carbocycles. The Morgan fingerprint density at radius 1 is 1.21 bits per heavy atom. The highest BCUT2D eigenvalue weighted by Gasteiger charge is 2.24. The summed E-state index contributed by atoms with van der Waals surface area (Å²) in [6.45, 7) is 5.21. The molecule has 0 unspecified atom stereocenters. The average Bonchev–Trinajstić information content (AvgIpc) is 2.98. The van der Waals surface area contributed by atoms with E-state index in [1.54, 1.807) is 0 Å². The summed E-state index contributed by atoms with van der Waals surface area (Å²) in [5, 5.41) is 8.06. The van der Waals surface area contributed by atoms with Crippen LogP contribution in [-0.4, -0.2) is 58.4 Å². The minimum Gasteiger partial charge on any atom is -0.379 e. The number of rotatable bonds is 4. The second-order valence-electron chi connectivity index (χ2n) is 6.85. The van der Waals surface area contributed by atoms with Gasteiger partial charge in [0.1, 0.15) is 0 Å². The van der Waals surface area contributed by atoms with Gasteiger partial charge in [0.25, 0.3) is 0 Å². The molecule has 0 atom stereocenters. The number of morpholine rings is 1. The highest BCUT2D eigenvalue weighted by Crippen LogP contribution is 2.27. The average molecular weight is 394 g/mol. The zero-order chi connectivity index (χ0) is 16.4. The highest BCUT2D eigenvalue weighted by atomic mass is 79.9. The van der Waals surface area contributed by atoms with Crippen molar-refractivity contribution in [1.29, 1.82) is 0 Å². The third-order valence-corrected chi connectivity index (χ3v) is 5.84. The molecule has 0 bridgehead atoms. The van der Waals surface area contributed by atoms with Crippen LogP contribution in [0.5, 0.6) is 0 Å². The van der Waals surface area contributed by atoms with Gasteiger partial charge in [-0.15, -0.1) is 5.10 Å². The van der Waals surface area contributed by atoms with Crippen molar-refractivity contribution in [3.05, 3.63) is 22.9 Å². The van der Waals surface area contributed by atoms with Gasteiger partial charge < -0.3 is 10.1 Å². The van der Waals surface area contributed by atoms with Crippen LogP contribution in [0.1, 0.15) is 25.7 Å². The summed E-state index contributed by atoms with van der Waals surface area (Å²) in [6.07, 6.45) is 8.78. The van der Waals surface area contributed by atoms with E-state index in [0.29, 0.717) is 6.04 Å². The Morgan fingerprint density at radius 3 is 2.79 bits per heavy atom. The second kappa shape index (κ2) is 7.37. The summed E-state index contributed by atoms with van der Waals surface area (Å²) in [7, 11) is 0. The third-order valence-electron chi connectivity index (χ3n) is 5.17. The van der Waals surface area contributed by atoms with Crippen LogP contribution in [-0.2, 0) is 4.74 Å². The number of ether oxygens (including phenoxy) is 1. The van der Waals surface area contributed by atoms with Gasteiger partial charge in [-0.2, -0.15) is 0 Å². The first-order valence-electron chi connectivity index (χ1n) is 8.84. The van der Waals surface area contributed by atoms with Gasteiger partial charge in [0.15, 0.2) is 0 Å². The van der Waals surface area contributed by atoms with Crippen LogP contribution < -0.4 is 5.32 Å². The molecule has 1 saturated carbocycles. The first-order chi connectivity index (χ1) is 11.8. The number of fused-ring (bicyclic) bond motifs is 1. The van der Waals surface area contributed by atoms with E-state index in [0.717, 1.165) is 48.2 Å². The lowest BCUT2D eigenvalue weighted by molar-refractivity contribution is 0.0276. The minimum atomic E-state index is 0.488. The molecule has 1 aliphatic heterocycles. The molecular formula is C17H24BrN5O. The van der Waals surface area contributed by atoms with Gasteiger partial charge in [-0.25, -0.2) is 9.50 Å². The van der Waals surface area contributed by atoms with Crippen LogP contribution >= 0.6 is 15.9 Å². The lowest BCUT2D eigenvalue weighted by Crippen LogP contribution is -2.40. The molecule has 0 amide bonds. The highest BCUT2D eigenvalue weighted by molar-refractivity contribution is 9.10. The fourth-order valence-electron chi connectivity index (χ4n) is 3.76. The third kappa shape index (κ3) is 3.73. The standard InChI is InChI=1S/C17H24BrN5O/c18-15-5-6-23-16(15)11-19-17(21-23)20-14-3-1-13(2-4-14)12-22-7-9-24-10-8-22/h5-6,11,13-14H,1-4,7-10,12H2,(H,20,21). The summed E-state index contributed by atoms with van der Waals surface area (Å²) >= 11 is 3.50. The number of aromatic nitrogens is 3. The maximum absolute atomic E-state index is 5.43. The molecule has 2 fully saturated rings. The molecule has 0 radical (unpaired) electrons. The number of nitrogens with zero attached hydrogens (tertiary/aromatic N) is 4. The minimum absolute atomic E-state index is 0.488. The summed E-state index contributed by atoms with van der Waals surface area (Å²) < 4.78 is 8.32. The summed E-state index contributed by atoms with van der Waals surface area (Å²) in [5.41, 5.74) is 0.995. The Kier molecular flexibility index (Phi) is 5.01. The summed E-state index contributed by atoms with van der Waals surface area (Å²) in [6, 6.07) is 2.48. The molecule has 1 aliphatic carbocycles. The van der Waals surface area contributed by atoms with Gasteiger partial charge in [0.05, 0.1) is 24.9 Å². The van der Waals surface area contributed by atoms with Gasteiger partial charge in [-0.3, -0.25) is 4.90 Å². The second-order valence-corrected chi connectivity index (χ2v) is 7.70. The summed E-state index contributed by atoms with van der Waals surface area (Å²) in [5.74, 6) is 1.55. The number of hydrogen-bond acceptors (Lipinski definition) is 5. The first-order valence-corrected chi connectivity index (χ1v) is 9.64. The van der Waals surface area contributed by atoms with E-state index in [4.69, 9.17) is 4.74 Å². The molecule has 24 heavy (non-hydrogen) atoms. The van der Waals surface area contributed by atoms with Crippen LogP contribution in [0.4, 0.5) is 5.95 Å². The monoisotopic (exact) mass is 393 g/mol. The molecule has 130 valence electrons. The lowest BCUT2D eigenvalue weighted by atomic mass is 9.85. The molecule has 2 aromatic heterocycles. The fraction of sp³-hybridized carbons (Fsp3) is 0.647. The molecule has 2 aromatic rings. The van der Waals surface area contributed by atoms with E-state index >= 15 is 0 Å². The SMILES string of the molecule is Brc1ccn2nc(NC3CCC(CN4CCOCC4)CC3)ncc12. The van der Waals surface area contributed by atoms with Crippen molar-refractivity contribution >= 4 is 27.4 Å². The summed E-state index contributed by atoms with van der Waals surface area (Å²) in [4.78, 5) is 7.01. The van der Waals surface area contributed by atoms with Crippen LogP contribution in [0.3, 0.4) is 0 Å². The molecule has 1 saturated heterocycles. The molecule has 6 nitrogen and oxygen atoms in total. The van der Waals surface area contributed by atoms with E-state index < -0.39 is 0 Å². The number of anilines is 1. The molecule has 1 N–H and O–H groups in total. The molecule has 4 rings (SSSR count). The molecular weight excluding hydrogens is 370 g/mol. The predicted octanol–water partition coefficient (Wildman–Crippen LogP) is 2.79. The molecule has 0 spiro atoms. The first kappa shape index (κ1) is 16.3. The van der Waals surface area contributed by atoms with Crippen molar-refractivity contribution in [2.24, 2.45) is 5.92 Å². The fourth-order valence-corrected chi connectivity index (χ4v) is 4.16. The number of halogens is 1. The van der Waals surface area contributed by atoms with E-state index in [-0.39, 0.29) is 0 Å². The smallest absolute Gasteiger partial charge is 0.241 e. The van der Waals surface area contributed by atoms with E-state index in [1.807, 2.05) is 23.0 Å². The Morgan fingerprint density at radius 2 is 2.00 bits per heavy atom. The van der Waals surface area contributed by atoms with E-state index in [1.165, 1.54) is 32.2 Å². The van der Waals surface area contributed by atoms with Crippen molar-refractivity contribution in [1.82, 2.24) is 19.5 Å². The molecule has 2 aliphatic rings. The largest absolute Gasteiger partial charge is 0.379 e. The Hall–Kier alpha value is -1.18. The molecule has 3 heterocycles. The van der Waals surface area contributed by atoms with Crippen LogP contribution in [0, 0.1) is 5.92 Å². The lowest BCUT2D eigenvalue weighted by Gasteiger charge is -2.34. The van der Waals surface area contributed by atoms with Crippen molar-refractivity contribution in [3.8, 4) is 0 Å². The van der Waals surface area contributed by atoms with Gasteiger partial charge in [-0.05, 0) is 53.6 Å². The Labute approximate surface area is 150 Å². The maximum Gasteiger partial charge on any atom is 0.241 e. The van der Waals surface area contributed by atoms with Crippen LogP contribution in [0.2, 0.25) is 0 Å². The normalized spacial score (nSPS) is 25.9. The van der Waals surface area contributed by atoms with Crippen molar-refractivity contribution in [2.45, 2.75) is 31.7 Å². The maximum atomic E-state index is 5.43. The van der Waals surface area contributed by atoms with Gasteiger partial charge in [0, 0.05) is 36.3 Å². The van der Waals surface area contributed by atoms with E-state index in [2.05, 4.69) is 36.2 Å². The van der Waals surface area contributed by atoms with Gasteiger partial charge >= 0.3 is 0 Å². The molecule has 7 heteroatoms. The zero-order valence-corrected chi connectivity index (χ0v) is 15.4. The number of nitrogens with one attached hydrogen (secondary N) is 1. The topological polar surface area (TPSA) is 54.7 Å². The van der Waals surface area contributed by atoms with E-state index in [9.17, 15) is 0 Å². The Bertz CT molecular complexity index is 677. The predicted molar refractivity (Wildman–Crippen MR) is 97.3 cm³/mol. The number of hydrogen-bond donors (Lipinski definition) is 1. The van der Waals surface area contributed by atoms with Crippen LogP contribution in [0.25, 0.3) is 5.52 Å². The quantitative estimate of drug-likeness (QED) is 0.865.